The van der Waals surface area contributed by atoms with Crippen molar-refractivity contribution in [3.05, 3.63) is 46.0 Å². The number of aliphatic hydroxyl groups excluding tert-OH is 1. The first-order valence-corrected chi connectivity index (χ1v) is 8.38. The van der Waals surface area contributed by atoms with Gasteiger partial charge in [-0.3, -0.25) is 14.1 Å². The minimum absolute atomic E-state index is 0.0241. The molecule has 3 heterocycles. The van der Waals surface area contributed by atoms with Crippen LogP contribution in [-0.4, -0.2) is 39.1 Å². The third kappa shape index (κ3) is 3.16. The lowest BCUT2D eigenvalue weighted by atomic mass is 9.77. The molecular weight excluding hydrogens is 290 g/mol. The standard InChI is InChI=1S/C18H25N3O2/c1-3-18(13-22)6-9-20(10-7-18)12-15-11-16(23)21-8-4-5-14(2)17(21)19-15/h4-5,8,11,22H,3,6-7,9-10,12-13H2,1-2H3. The fourth-order valence-electron chi connectivity index (χ4n) is 3.43. The van der Waals surface area contributed by atoms with Gasteiger partial charge in [0.1, 0.15) is 5.65 Å². The van der Waals surface area contributed by atoms with E-state index in [0.29, 0.717) is 6.54 Å². The second-order valence-electron chi connectivity index (χ2n) is 6.76. The van der Waals surface area contributed by atoms with Crippen molar-refractivity contribution >= 4 is 5.65 Å². The van der Waals surface area contributed by atoms with Crippen molar-refractivity contribution < 1.29 is 5.11 Å². The first kappa shape index (κ1) is 16.1. The normalized spacial score (nSPS) is 18.4. The number of pyridine rings is 1. The zero-order valence-electron chi connectivity index (χ0n) is 14.0. The van der Waals surface area contributed by atoms with E-state index in [9.17, 15) is 9.90 Å². The Hall–Kier alpha value is -1.72. The van der Waals surface area contributed by atoms with Crippen molar-refractivity contribution in [3.8, 4) is 0 Å². The van der Waals surface area contributed by atoms with E-state index < -0.39 is 0 Å². The number of likely N-dealkylation sites (tertiary alicyclic amines) is 1. The quantitative estimate of drug-likeness (QED) is 0.937. The van der Waals surface area contributed by atoms with E-state index in [1.807, 2.05) is 19.1 Å². The first-order valence-electron chi connectivity index (χ1n) is 8.38. The molecule has 23 heavy (non-hydrogen) atoms. The molecule has 0 bridgehead atoms. The van der Waals surface area contributed by atoms with Crippen molar-refractivity contribution in [2.75, 3.05) is 19.7 Å². The van der Waals surface area contributed by atoms with Gasteiger partial charge < -0.3 is 5.11 Å². The third-order valence-corrected chi connectivity index (χ3v) is 5.33. The molecule has 0 spiro atoms. The van der Waals surface area contributed by atoms with Gasteiger partial charge in [-0.1, -0.05) is 13.0 Å². The highest BCUT2D eigenvalue weighted by Crippen LogP contribution is 2.34. The van der Waals surface area contributed by atoms with Crippen molar-refractivity contribution in [2.45, 2.75) is 39.7 Å². The number of aromatic nitrogens is 2. The summed E-state index contributed by atoms with van der Waals surface area (Å²) >= 11 is 0. The highest BCUT2D eigenvalue weighted by atomic mass is 16.3. The fraction of sp³-hybridized carbons (Fsp3) is 0.556. The number of piperidine rings is 1. The molecule has 0 aromatic carbocycles. The maximum Gasteiger partial charge on any atom is 0.258 e. The first-order chi connectivity index (χ1) is 11.1. The zero-order valence-corrected chi connectivity index (χ0v) is 14.0. The van der Waals surface area contributed by atoms with Crippen LogP contribution in [0.5, 0.6) is 0 Å². The molecule has 0 radical (unpaired) electrons. The van der Waals surface area contributed by atoms with E-state index in [2.05, 4.69) is 16.8 Å². The molecule has 5 heteroatoms. The predicted molar refractivity (Wildman–Crippen MR) is 90.5 cm³/mol. The van der Waals surface area contributed by atoms with Crippen LogP contribution >= 0.6 is 0 Å². The summed E-state index contributed by atoms with van der Waals surface area (Å²) < 4.78 is 1.60. The highest BCUT2D eigenvalue weighted by molar-refractivity contribution is 5.46. The molecule has 3 rings (SSSR count). The molecular formula is C18H25N3O2. The Kier molecular flexibility index (Phi) is 4.50. The van der Waals surface area contributed by atoms with Crippen LogP contribution in [0.15, 0.2) is 29.2 Å². The largest absolute Gasteiger partial charge is 0.396 e. The number of aliphatic hydroxyl groups is 1. The number of fused-ring (bicyclic) bond motifs is 1. The van der Waals surface area contributed by atoms with Gasteiger partial charge in [-0.2, -0.15) is 0 Å². The Morgan fingerprint density at radius 1 is 1.35 bits per heavy atom. The molecule has 2 aromatic rings. The van der Waals surface area contributed by atoms with Gasteiger partial charge in [0.15, 0.2) is 0 Å². The van der Waals surface area contributed by atoms with Crippen LogP contribution in [0.2, 0.25) is 0 Å². The van der Waals surface area contributed by atoms with E-state index in [-0.39, 0.29) is 17.6 Å². The topological polar surface area (TPSA) is 57.8 Å². The highest BCUT2D eigenvalue weighted by Gasteiger charge is 2.32. The third-order valence-electron chi connectivity index (χ3n) is 5.33. The van der Waals surface area contributed by atoms with Crippen molar-refractivity contribution in [3.63, 3.8) is 0 Å². The van der Waals surface area contributed by atoms with E-state index in [1.54, 1.807) is 16.7 Å². The Morgan fingerprint density at radius 3 is 2.74 bits per heavy atom. The Bertz CT molecular complexity index is 740. The number of hydrogen-bond acceptors (Lipinski definition) is 4. The van der Waals surface area contributed by atoms with Crippen molar-refractivity contribution in [1.82, 2.24) is 14.3 Å². The van der Waals surface area contributed by atoms with E-state index >= 15 is 0 Å². The summed E-state index contributed by atoms with van der Waals surface area (Å²) in [5, 5.41) is 9.63. The van der Waals surface area contributed by atoms with Gasteiger partial charge in [0.2, 0.25) is 0 Å². The number of nitrogens with zero attached hydrogens (tertiary/aromatic N) is 3. The summed E-state index contributed by atoms with van der Waals surface area (Å²) in [4.78, 5) is 19.3. The molecule has 1 N–H and O–H groups in total. The van der Waals surface area contributed by atoms with Gasteiger partial charge in [0.25, 0.3) is 5.56 Å². The molecule has 0 saturated carbocycles. The Morgan fingerprint density at radius 2 is 2.09 bits per heavy atom. The molecule has 124 valence electrons. The lowest BCUT2D eigenvalue weighted by Crippen LogP contribution is -2.41. The minimum atomic E-state index is -0.0241. The van der Waals surface area contributed by atoms with Crippen LogP contribution in [0.4, 0.5) is 0 Å². The number of aryl methyl sites for hydroxylation is 1. The summed E-state index contributed by atoms with van der Waals surface area (Å²) in [6.45, 7) is 6.99. The molecule has 0 unspecified atom stereocenters. The smallest absolute Gasteiger partial charge is 0.258 e. The second kappa shape index (κ2) is 6.42. The molecule has 0 aliphatic carbocycles. The number of hydrogen-bond donors (Lipinski definition) is 1. The zero-order chi connectivity index (χ0) is 16.4. The maximum absolute atomic E-state index is 12.3. The Labute approximate surface area is 136 Å². The minimum Gasteiger partial charge on any atom is -0.396 e. The second-order valence-corrected chi connectivity index (χ2v) is 6.76. The van der Waals surface area contributed by atoms with E-state index in [0.717, 1.165) is 49.3 Å². The molecule has 1 aliphatic heterocycles. The van der Waals surface area contributed by atoms with Crippen LogP contribution in [0, 0.1) is 12.3 Å². The molecule has 5 nitrogen and oxygen atoms in total. The average Bonchev–Trinajstić information content (AvgIpc) is 2.57. The molecule has 0 amide bonds. The van der Waals surface area contributed by atoms with Crippen LogP contribution in [0.3, 0.4) is 0 Å². The summed E-state index contributed by atoms with van der Waals surface area (Å²) in [6.07, 6.45) is 4.79. The Balaban J connectivity index is 1.78. The van der Waals surface area contributed by atoms with Gasteiger partial charge in [0, 0.05) is 25.4 Å². The summed E-state index contributed by atoms with van der Waals surface area (Å²) in [7, 11) is 0. The fourth-order valence-corrected chi connectivity index (χ4v) is 3.43. The lowest BCUT2D eigenvalue weighted by molar-refractivity contribution is 0.0378. The van der Waals surface area contributed by atoms with Crippen LogP contribution in [0.25, 0.3) is 5.65 Å². The monoisotopic (exact) mass is 315 g/mol. The van der Waals surface area contributed by atoms with E-state index in [1.165, 1.54) is 0 Å². The van der Waals surface area contributed by atoms with Gasteiger partial charge in [-0.25, -0.2) is 4.98 Å². The van der Waals surface area contributed by atoms with Crippen LogP contribution < -0.4 is 5.56 Å². The van der Waals surface area contributed by atoms with Gasteiger partial charge in [0.05, 0.1) is 5.69 Å². The van der Waals surface area contributed by atoms with E-state index in [4.69, 9.17) is 0 Å². The summed E-state index contributed by atoms with van der Waals surface area (Å²) in [5.74, 6) is 0. The summed E-state index contributed by atoms with van der Waals surface area (Å²) in [5.41, 5.74) is 2.64. The molecule has 0 atom stereocenters. The average molecular weight is 315 g/mol. The van der Waals surface area contributed by atoms with Gasteiger partial charge in [-0.15, -0.1) is 0 Å². The molecule has 2 aromatic heterocycles. The maximum atomic E-state index is 12.3. The van der Waals surface area contributed by atoms with Crippen molar-refractivity contribution in [2.24, 2.45) is 5.41 Å². The summed E-state index contributed by atoms with van der Waals surface area (Å²) in [6, 6.07) is 5.48. The predicted octanol–water partition coefficient (Wildman–Crippen LogP) is 1.99. The number of rotatable bonds is 4. The SMILES string of the molecule is CCC1(CO)CCN(Cc2cc(=O)n3cccc(C)c3n2)CC1. The lowest BCUT2D eigenvalue weighted by Gasteiger charge is -2.40. The van der Waals surface area contributed by atoms with Crippen molar-refractivity contribution in [1.29, 1.82) is 0 Å². The van der Waals surface area contributed by atoms with Gasteiger partial charge in [-0.05, 0) is 56.3 Å². The molecule has 1 fully saturated rings. The van der Waals surface area contributed by atoms with Gasteiger partial charge >= 0.3 is 0 Å². The molecule has 1 saturated heterocycles. The molecule has 1 aliphatic rings. The van der Waals surface area contributed by atoms with Crippen LogP contribution in [0.1, 0.15) is 37.4 Å². The van der Waals surface area contributed by atoms with Crippen LogP contribution in [-0.2, 0) is 6.54 Å².